The minimum Gasteiger partial charge on any atom is -0.496 e. The smallest absolute Gasteiger partial charge is 0.128 e. The molecule has 2 heterocycles. The number of thioether (sulfide) groups is 1. The van der Waals surface area contributed by atoms with Crippen LogP contribution in [-0.4, -0.2) is 17.1 Å². The number of rotatable bonds is 4. The van der Waals surface area contributed by atoms with Crippen molar-refractivity contribution in [2.45, 2.75) is 50.3 Å². The van der Waals surface area contributed by atoms with Crippen molar-refractivity contribution in [1.82, 2.24) is 9.97 Å². The molecular weight excluding hydrogens is 348 g/mol. The van der Waals surface area contributed by atoms with Gasteiger partial charge in [0.25, 0.3) is 0 Å². The molecule has 25 heavy (non-hydrogen) atoms. The van der Waals surface area contributed by atoms with E-state index in [0.29, 0.717) is 0 Å². The van der Waals surface area contributed by atoms with E-state index in [4.69, 9.17) is 14.7 Å². The number of aryl methyl sites for hydroxylation is 4. The number of aromatic nitrogens is 2. The molecule has 0 saturated carbocycles. The van der Waals surface area contributed by atoms with Gasteiger partial charge in [0.15, 0.2) is 0 Å². The molecular formula is C20H22N2OS2. The highest BCUT2D eigenvalue weighted by molar-refractivity contribution is 7.98. The Morgan fingerprint density at radius 1 is 1.16 bits per heavy atom. The Morgan fingerprint density at radius 2 is 2.00 bits per heavy atom. The van der Waals surface area contributed by atoms with Crippen molar-refractivity contribution in [3.8, 4) is 5.75 Å². The Morgan fingerprint density at radius 3 is 2.84 bits per heavy atom. The molecule has 0 saturated heterocycles. The van der Waals surface area contributed by atoms with Gasteiger partial charge in [0, 0.05) is 21.6 Å². The van der Waals surface area contributed by atoms with Crippen molar-refractivity contribution < 1.29 is 4.74 Å². The highest BCUT2D eigenvalue weighted by atomic mass is 32.2. The summed E-state index contributed by atoms with van der Waals surface area (Å²) in [6.45, 7) is 4.12. The number of methoxy groups -OCH3 is 1. The first-order chi connectivity index (χ1) is 12.2. The number of hydrogen-bond acceptors (Lipinski definition) is 5. The Labute approximate surface area is 156 Å². The highest BCUT2D eigenvalue weighted by Gasteiger charge is 2.21. The number of thiophene rings is 1. The summed E-state index contributed by atoms with van der Waals surface area (Å²) in [5.41, 5.74) is 3.99. The molecule has 1 aromatic carbocycles. The lowest BCUT2D eigenvalue weighted by Crippen LogP contribution is -2.00. The number of hydrogen-bond donors (Lipinski definition) is 0. The second kappa shape index (κ2) is 6.96. The summed E-state index contributed by atoms with van der Waals surface area (Å²) in [6.07, 6.45) is 4.95. The molecule has 0 N–H and O–H groups in total. The van der Waals surface area contributed by atoms with E-state index in [-0.39, 0.29) is 0 Å². The zero-order valence-electron chi connectivity index (χ0n) is 14.9. The lowest BCUT2D eigenvalue weighted by atomic mass is 9.97. The first-order valence-electron chi connectivity index (χ1n) is 8.71. The van der Waals surface area contributed by atoms with E-state index in [9.17, 15) is 0 Å². The predicted molar refractivity (Wildman–Crippen MR) is 106 cm³/mol. The van der Waals surface area contributed by atoms with Gasteiger partial charge >= 0.3 is 0 Å². The van der Waals surface area contributed by atoms with Crippen LogP contribution in [0.15, 0.2) is 23.2 Å². The summed E-state index contributed by atoms with van der Waals surface area (Å²) in [7, 11) is 1.74. The predicted octanol–water partition coefficient (Wildman–Crippen LogP) is 5.49. The standard InChI is InChI=1S/C20H22N2OS2/c1-12-8-9-16(23-3)14(10-12)11-24-19-18-15-6-4-5-7-17(15)25-20(18)22-13(2)21-19/h8-10H,4-7,11H2,1-3H3. The van der Waals surface area contributed by atoms with Crippen LogP contribution in [0.25, 0.3) is 10.2 Å². The molecule has 0 atom stereocenters. The van der Waals surface area contributed by atoms with E-state index in [2.05, 4.69) is 25.1 Å². The molecule has 3 aromatic rings. The fourth-order valence-electron chi connectivity index (χ4n) is 3.50. The summed E-state index contributed by atoms with van der Waals surface area (Å²) < 4.78 is 5.53. The molecule has 1 aliphatic carbocycles. The third-order valence-corrected chi connectivity index (χ3v) is 6.90. The van der Waals surface area contributed by atoms with Crippen LogP contribution in [0.2, 0.25) is 0 Å². The van der Waals surface area contributed by atoms with Gasteiger partial charge < -0.3 is 4.74 Å². The van der Waals surface area contributed by atoms with Gasteiger partial charge in [-0.25, -0.2) is 9.97 Å². The zero-order valence-corrected chi connectivity index (χ0v) is 16.5. The molecule has 2 aromatic heterocycles. The molecule has 130 valence electrons. The second-order valence-corrected chi connectivity index (χ2v) is 8.62. The van der Waals surface area contributed by atoms with Crippen molar-refractivity contribution in [1.29, 1.82) is 0 Å². The number of ether oxygens (including phenoxy) is 1. The maximum Gasteiger partial charge on any atom is 0.128 e. The Hall–Kier alpha value is -1.59. The SMILES string of the molecule is COc1ccc(C)cc1CSc1nc(C)nc2sc3c(c12)CCCC3. The zero-order chi connectivity index (χ0) is 17.4. The topological polar surface area (TPSA) is 35.0 Å². The average molecular weight is 371 g/mol. The normalized spacial score (nSPS) is 13.9. The first kappa shape index (κ1) is 16.9. The van der Waals surface area contributed by atoms with Gasteiger partial charge in [0.2, 0.25) is 0 Å². The third kappa shape index (κ3) is 3.27. The van der Waals surface area contributed by atoms with Gasteiger partial charge in [-0.2, -0.15) is 0 Å². The second-order valence-electron chi connectivity index (χ2n) is 6.57. The largest absolute Gasteiger partial charge is 0.496 e. The molecule has 1 aliphatic rings. The summed E-state index contributed by atoms with van der Waals surface area (Å²) in [5.74, 6) is 2.68. The third-order valence-electron chi connectivity index (χ3n) is 4.69. The van der Waals surface area contributed by atoms with Gasteiger partial charge in [0.05, 0.1) is 7.11 Å². The molecule has 0 aliphatic heterocycles. The minimum atomic E-state index is 0.862. The van der Waals surface area contributed by atoms with E-state index in [1.54, 1.807) is 7.11 Å². The van der Waals surface area contributed by atoms with Gasteiger partial charge in [-0.3, -0.25) is 0 Å². The van der Waals surface area contributed by atoms with Crippen LogP contribution in [0.4, 0.5) is 0 Å². The first-order valence-corrected chi connectivity index (χ1v) is 10.5. The molecule has 4 rings (SSSR count). The highest BCUT2D eigenvalue weighted by Crippen LogP contribution is 2.40. The number of fused-ring (bicyclic) bond motifs is 3. The van der Waals surface area contributed by atoms with Crippen molar-refractivity contribution in [3.05, 3.63) is 45.6 Å². The Bertz CT molecular complexity index is 933. The quantitative estimate of drug-likeness (QED) is 0.449. The van der Waals surface area contributed by atoms with Crippen LogP contribution in [0.1, 0.15) is 40.2 Å². The Balaban J connectivity index is 1.72. The molecule has 0 spiro atoms. The van der Waals surface area contributed by atoms with Crippen LogP contribution < -0.4 is 4.74 Å². The van der Waals surface area contributed by atoms with Crippen LogP contribution in [0, 0.1) is 13.8 Å². The molecule has 3 nitrogen and oxygen atoms in total. The minimum absolute atomic E-state index is 0.862. The molecule has 0 fully saturated rings. The fraction of sp³-hybridized carbons (Fsp3) is 0.400. The van der Waals surface area contributed by atoms with Gasteiger partial charge in [-0.05, 0) is 51.2 Å². The molecule has 0 radical (unpaired) electrons. The van der Waals surface area contributed by atoms with E-state index in [0.717, 1.165) is 27.2 Å². The van der Waals surface area contributed by atoms with Crippen LogP contribution in [0.3, 0.4) is 0 Å². The van der Waals surface area contributed by atoms with Gasteiger partial charge in [0.1, 0.15) is 21.4 Å². The average Bonchev–Trinajstić information content (AvgIpc) is 2.97. The molecule has 0 unspecified atom stereocenters. The summed E-state index contributed by atoms with van der Waals surface area (Å²) in [5, 5.41) is 2.44. The summed E-state index contributed by atoms with van der Waals surface area (Å²) >= 11 is 3.68. The van der Waals surface area contributed by atoms with E-state index >= 15 is 0 Å². The maximum atomic E-state index is 5.53. The van der Waals surface area contributed by atoms with Crippen LogP contribution in [-0.2, 0) is 18.6 Å². The van der Waals surface area contributed by atoms with Crippen molar-refractivity contribution in [2.75, 3.05) is 7.11 Å². The van der Waals surface area contributed by atoms with Crippen molar-refractivity contribution in [3.63, 3.8) is 0 Å². The van der Waals surface area contributed by atoms with Crippen molar-refractivity contribution >= 4 is 33.3 Å². The Kier molecular flexibility index (Phi) is 4.69. The van der Waals surface area contributed by atoms with Crippen molar-refractivity contribution in [2.24, 2.45) is 0 Å². The summed E-state index contributed by atoms with van der Waals surface area (Å²) in [4.78, 5) is 12.2. The lowest BCUT2D eigenvalue weighted by Gasteiger charge is -2.12. The maximum absolute atomic E-state index is 5.53. The van der Waals surface area contributed by atoms with E-state index < -0.39 is 0 Å². The number of benzene rings is 1. The monoisotopic (exact) mass is 370 g/mol. The molecule has 0 bridgehead atoms. The molecule has 0 amide bonds. The lowest BCUT2D eigenvalue weighted by molar-refractivity contribution is 0.411. The van der Waals surface area contributed by atoms with Crippen LogP contribution in [0.5, 0.6) is 5.75 Å². The van der Waals surface area contributed by atoms with E-state index in [1.165, 1.54) is 52.6 Å². The number of nitrogens with zero attached hydrogens (tertiary/aromatic N) is 2. The summed E-state index contributed by atoms with van der Waals surface area (Å²) in [6, 6.07) is 6.36. The van der Waals surface area contributed by atoms with Gasteiger partial charge in [-0.15, -0.1) is 23.1 Å². The van der Waals surface area contributed by atoms with E-state index in [1.807, 2.05) is 30.0 Å². The molecule has 5 heteroatoms. The van der Waals surface area contributed by atoms with Crippen LogP contribution >= 0.6 is 23.1 Å². The van der Waals surface area contributed by atoms with Gasteiger partial charge in [-0.1, -0.05) is 17.7 Å². The fourth-order valence-corrected chi connectivity index (χ4v) is 5.95.